The largest absolute Gasteiger partial charge is 0.465 e. The van der Waals surface area contributed by atoms with Crippen molar-refractivity contribution < 1.29 is 28.5 Å². The summed E-state index contributed by atoms with van der Waals surface area (Å²) >= 11 is 0. The molecule has 6 nitrogen and oxygen atoms in total. The van der Waals surface area contributed by atoms with Crippen LogP contribution in [-0.4, -0.2) is 49.6 Å². The monoisotopic (exact) mass is 396 g/mol. The van der Waals surface area contributed by atoms with E-state index in [0.717, 1.165) is 18.4 Å². The van der Waals surface area contributed by atoms with Gasteiger partial charge in [0.1, 0.15) is 17.8 Å². The number of methoxy groups -OCH3 is 1. The van der Waals surface area contributed by atoms with Crippen LogP contribution in [0.1, 0.15) is 72.6 Å². The van der Waals surface area contributed by atoms with Gasteiger partial charge in [-0.25, -0.2) is 0 Å². The number of ketones is 1. The minimum Gasteiger partial charge on any atom is -0.465 e. The Labute approximate surface area is 168 Å². The van der Waals surface area contributed by atoms with Crippen LogP contribution in [-0.2, 0) is 28.5 Å². The van der Waals surface area contributed by atoms with Crippen LogP contribution >= 0.6 is 0 Å². The summed E-state index contributed by atoms with van der Waals surface area (Å²) in [7, 11) is 1.65. The number of allylic oxidation sites excluding steroid dienone is 1. The zero-order chi connectivity index (χ0) is 21.0. The van der Waals surface area contributed by atoms with Crippen molar-refractivity contribution in [3.8, 4) is 0 Å². The highest BCUT2D eigenvalue weighted by atomic mass is 16.7. The smallest absolute Gasteiger partial charge is 0.319 e. The van der Waals surface area contributed by atoms with E-state index in [0.29, 0.717) is 38.7 Å². The van der Waals surface area contributed by atoms with Gasteiger partial charge in [-0.3, -0.25) is 9.59 Å². The molecule has 0 saturated carbocycles. The zero-order valence-corrected chi connectivity index (χ0v) is 18.1. The molecule has 2 saturated heterocycles. The SMILES string of the molecule is C=C(C)CCC(=O)C(C)(CCCC1(C)OCC2(OC)CCC1O2)C(=O)OCC. The van der Waals surface area contributed by atoms with Crippen molar-refractivity contribution in [2.45, 2.75) is 90.1 Å². The first-order valence-electron chi connectivity index (χ1n) is 10.3. The van der Waals surface area contributed by atoms with Gasteiger partial charge >= 0.3 is 5.97 Å². The molecule has 0 aliphatic carbocycles. The molecule has 0 aromatic carbocycles. The standard InChI is InChI=1S/C22H36O6/c1-7-26-19(24)20(4,17(23)10-9-16(2)3)12-8-13-21(5)18-11-14-22(25-6,28-18)15-27-21/h18H,2,7-15H2,1,3-6H3. The summed E-state index contributed by atoms with van der Waals surface area (Å²) in [6.45, 7) is 11.9. The van der Waals surface area contributed by atoms with Crippen LogP contribution < -0.4 is 0 Å². The Morgan fingerprint density at radius 1 is 1.32 bits per heavy atom. The maximum absolute atomic E-state index is 12.8. The van der Waals surface area contributed by atoms with Gasteiger partial charge in [0.25, 0.3) is 0 Å². The van der Waals surface area contributed by atoms with Crippen molar-refractivity contribution in [2.75, 3.05) is 20.3 Å². The van der Waals surface area contributed by atoms with Gasteiger partial charge in [-0.05, 0) is 59.8 Å². The van der Waals surface area contributed by atoms with E-state index < -0.39 is 22.8 Å². The molecule has 2 heterocycles. The van der Waals surface area contributed by atoms with Gasteiger partial charge in [0, 0.05) is 20.0 Å². The van der Waals surface area contributed by atoms with E-state index in [9.17, 15) is 9.59 Å². The molecule has 6 heteroatoms. The van der Waals surface area contributed by atoms with E-state index in [1.54, 1.807) is 21.0 Å². The number of carbonyl (C=O) groups excluding carboxylic acids is 2. The Balaban J connectivity index is 2.00. The Hall–Kier alpha value is -1.24. The lowest BCUT2D eigenvalue weighted by Crippen LogP contribution is -2.53. The highest BCUT2D eigenvalue weighted by Gasteiger charge is 2.54. The molecule has 0 radical (unpaired) electrons. The fraction of sp³-hybridized carbons (Fsp3) is 0.818. The third kappa shape index (κ3) is 4.84. The number of carbonyl (C=O) groups is 2. The number of Topliss-reactive ketones (excluding diaryl/α,β-unsaturated/α-hetero) is 1. The van der Waals surface area contributed by atoms with Crippen LogP contribution in [0.3, 0.4) is 0 Å². The van der Waals surface area contributed by atoms with E-state index >= 15 is 0 Å². The second-order valence-corrected chi connectivity index (χ2v) is 8.65. The van der Waals surface area contributed by atoms with Gasteiger partial charge in [-0.1, -0.05) is 5.57 Å². The third-order valence-electron chi connectivity index (χ3n) is 6.29. The van der Waals surface area contributed by atoms with Crippen LogP contribution in [0.15, 0.2) is 12.2 Å². The van der Waals surface area contributed by atoms with Crippen molar-refractivity contribution >= 4 is 11.8 Å². The van der Waals surface area contributed by atoms with Crippen LogP contribution in [0.25, 0.3) is 0 Å². The summed E-state index contributed by atoms with van der Waals surface area (Å²) in [6.07, 6.45) is 4.38. The molecule has 0 N–H and O–H groups in total. The number of hydrogen-bond donors (Lipinski definition) is 0. The Morgan fingerprint density at radius 2 is 2.04 bits per heavy atom. The number of ether oxygens (including phenoxy) is 4. The fourth-order valence-electron chi connectivity index (χ4n) is 4.12. The average molecular weight is 397 g/mol. The molecule has 0 amide bonds. The van der Waals surface area contributed by atoms with Crippen LogP contribution in [0.4, 0.5) is 0 Å². The quantitative estimate of drug-likeness (QED) is 0.299. The summed E-state index contributed by atoms with van der Waals surface area (Å²) < 4.78 is 23.0. The zero-order valence-electron chi connectivity index (χ0n) is 18.1. The van der Waals surface area contributed by atoms with Crippen LogP contribution in [0.5, 0.6) is 0 Å². The molecule has 2 bridgehead atoms. The number of rotatable bonds is 11. The van der Waals surface area contributed by atoms with Gasteiger partial charge in [0.2, 0.25) is 0 Å². The third-order valence-corrected chi connectivity index (χ3v) is 6.29. The molecular weight excluding hydrogens is 360 g/mol. The number of esters is 1. The molecule has 4 atom stereocenters. The molecular formula is C22H36O6. The van der Waals surface area contributed by atoms with E-state index in [1.807, 2.05) is 13.8 Å². The first-order chi connectivity index (χ1) is 13.1. The lowest BCUT2D eigenvalue weighted by Gasteiger charge is -2.43. The Kier molecular flexibility index (Phi) is 7.45. The molecule has 2 rings (SSSR count). The van der Waals surface area contributed by atoms with Gasteiger partial charge in [-0.15, -0.1) is 6.58 Å². The Bertz CT molecular complexity index is 602. The van der Waals surface area contributed by atoms with Gasteiger partial charge < -0.3 is 18.9 Å². The van der Waals surface area contributed by atoms with Crippen molar-refractivity contribution in [1.29, 1.82) is 0 Å². The first kappa shape index (κ1) is 23.0. The topological polar surface area (TPSA) is 71.1 Å². The molecule has 2 fully saturated rings. The number of hydrogen-bond acceptors (Lipinski definition) is 6. The first-order valence-corrected chi connectivity index (χ1v) is 10.3. The summed E-state index contributed by atoms with van der Waals surface area (Å²) in [6, 6.07) is 0. The highest BCUT2D eigenvalue weighted by Crippen LogP contribution is 2.45. The summed E-state index contributed by atoms with van der Waals surface area (Å²) in [5.41, 5.74) is -0.638. The predicted octanol–water partition coefficient (Wildman–Crippen LogP) is 3.96. The Morgan fingerprint density at radius 3 is 2.64 bits per heavy atom. The van der Waals surface area contributed by atoms with E-state index in [4.69, 9.17) is 18.9 Å². The van der Waals surface area contributed by atoms with Crippen molar-refractivity contribution in [1.82, 2.24) is 0 Å². The molecule has 2 aliphatic heterocycles. The van der Waals surface area contributed by atoms with Gasteiger partial charge in [-0.2, -0.15) is 0 Å². The maximum atomic E-state index is 12.8. The van der Waals surface area contributed by atoms with E-state index in [2.05, 4.69) is 6.58 Å². The maximum Gasteiger partial charge on any atom is 0.319 e. The minimum atomic E-state index is -1.14. The predicted molar refractivity (Wildman–Crippen MR) is 106 cm³/mol. The van der Waals surface area contributed by atoms with Crippen molar-refractivity contribution in [3.05, 3.63) is 12.2 Å². The van der Waals surface area contributed by atoms with Gasteiger partial charge in [0.15, 0.2) is 5.79 Å². The fourth-order valence-corrected chi connectivity index (χ4v) is 4.12. The lowest BCUT2D eigenvalue weighted by atomic mass is 9.77. The van der Waals surface area contributed by atoms with Crippen molar-refractivity contribution in [2.24, 2.45) is 5.41 Å². The lowest BCUT2D eigenvalue weighted by molar-refractivity contribution is -0.320. The molecule has 4 unspecified atom stereocenters. The van der Waals surface area contributed by atoms with Crippen molar-refractivity contribution in [3.63, 3.8) is 0 Å². The number of fused-ring (bicyclic) bond motifs is 2. The second-order valence-electron chi connectivity index (χ2n) is 8.65. The molecule has 160 valence electrons. The molecule has 0 aromatic heterocycles. The van der Waals surface area contributed by atoms with E-state index in [1.165, 1.54) is 0 Å². The molecule has 2 aliphatic rings. The minimum absolute atomic E-state index is 0.0332. The second kappa shape index (κ2) is 9.06. The summed E-state index contributed by atoms with van der Waals surface area (Å²) in [4.78, 5) is 25.4. The van der Waals surface area contributed by atoms with E-state index in [-0.39, 0.29) is 18.5 Å². The molecule has 0 aromatic rings. The average Bonchev–Trinajstić information content (AvgIpc) is 3.05. The normalized spacial score (nSPS) is 31.2. The highest BCUT2D eigenvalue weighted by molar-refractivity contribution is 6.03. The van der Waals surface area contributed by atoms with Crippen LogP contribution in [0.2, 0.25) is 0 Å². The molecule has 0 spiro atoms. The van der Waals surface area contributed by atoms with Gasteiger partial charge in [0.05, 0.1) is 18.3 Å². The molecule has 28 heavy (non-hydrogen) atoms. The summed E-state index contributed by atoms with van der Waals surface area (Å²) in [5, 5.41) is 0. The summed E-state index contributed by atoms with van der Waals surface area (Å²) in [5.74, 6) is -1.13. The van der Waals surface area contributed by atoms with Crippen LogP contribution in [0, 0.1) is 5.41 Å².